The standard InChI is InChI=1S/C26H31NO4/c1-16(2)15-31-20-12-8-10-18(14-20)22-21(24(29)26(4,5)6)23(28)25(30)27(22)19-11-7-9-17(3)13-19/h7-14,16,22,28H,15H2,1-6H3. The minimum atomic E-state index is -0.754. The van der Waals surface area contributed by atoms with Gasteiger partial charge in [0, 0.05) is 11.1 Å². The number of nitrogens with zero attached hydrogens (tertiary/aromatic N) is 1. The number of aliphatic hydroxyl groups is 1. The second kappa shape index (κ2) is 8.58. The SMILES string of the molecule is Cc1cccc(N2C(=O)C(O)=C(C(=O)C(C)(C)C)C2c2cccc(OCC(C)C)c2)c1. The van der Waals surface area contributed by atoms with E-state index in [0.717, 1.165) is 5.56 Å². The quantitative estimate of drug-likeness (QED) is 0.664. The highest BCUT2D eigenvalue weighted by Gasteiger charge is 2.46. The van der Waals surface area contributed by atoms with Gasteiger partial charge in [0.2, 0.25) is 0 Å². The maximum atomic E-state index is 13.3. The van der Waals surface area contributed by atoms with Crippen LogP contribution in [0.25, 0.3) is 0 Å². The number of anilines is 1. The van der Waals surface area contributed by atoms with Gasteiger partial charge in [-0.05, 0) is 48.2 Å². The molecule has 0 bridgehead atoms. The molecular formula is C26H31NO4. The summed E-state index contributed by atoms with van der Waals surface area (Å²) < 4.78 is 5.88. The van der Waals surface area contributed by atoms with Crippen molar-refractivity contribution in [1.82, 2.24) is 0 Å². The number of ketones is 1. The summed E-state index contributed by atoms with van der Waals surface area (Å²) >= 11 is 0. The van der Waals surface area contributed by atoms with Crippen LogP contribution in [0.4, 0.5) is 5.69 Å². The van der Waals surface area contributed by atoms with Gasteiger partial charge >= 0.3 is 0 Å². The molecule has 1 aliphatic rings. The number of carbonyl (C=O) groups is 2. The smallest absolute Gasteiger partial charge is 0.294 e. The van der Waals surface area contributed by atoms with Crippen molar-refractivity contribution in [2.24, 2.45) is 11.3 Å². The van der Waals surface area contributed by atoms with Crippen molar-refractivity contribution in [2.45, 2.75) is 47.6 Å². The molecule has 0 spiro atoms. The van der Waals surface area contributed by atoms with E-state index in [1.165, 1.54) is 4.90 Å². The third-order valence-electron chi connectivity index (χ3n) is 5.17. The molecular weight excluding hydrogens is 390 g/mol. The molecule has 0 aliphatic carbocycles. The molecule has 1 amide bonds. The van der Waals surface area contributed by atoms with Crippen LogP contribution in [0.15, 0.2) is 59.9 Å². The lowest BCUT2D eigenvalue weighted by Gasteiger charge is -2.29. The van der Waals surface area contributed by atoms with Crippen LogP contribution < -0.4 is 9.64 Å². The first-order chi connectivity index (χ1) is 14.5. The van der Waals surface area contributed by atoms with Gasteiger partial charge in [0.05, 0.1) is 18.2 Å². The fourth-order valence-electron chi connectivity index (χ4n) is 3.64. The summed E-state index contributed by atoms with van der Waals surface area (Å²) in [5.41, 5.74) is 1.70. The summed E-state index contributed by atoms with van der Waals surface area (Å²) in [7, 11) is 0. The van der Waals surface area contributed by atoms with Gasteiger partial charge in [0.25, 0.3) is 5.91 Å². The van der Waals surface area contributed by atoms with E-state index in [9.17, 15) is 14.7 Å². The van der Waals surface area contributed by atoms with Gasteiger partial charge in [0.1, 0.15) is 5.75 Å². The summed E-state index contributed by atoms with van der Waals surface area (Å²) in [5.74, 6) is -0.289. The van der Waals surface area contributed by atoms with Crippen molar-refractivity contribution >= 4 is 17.4 Å². The first-order valence-corrected chi connectivity index (χ1v) is 10.6. The highest BCUT2D eigenvalue weighted by molar-refractivity contribution is 6.17. The van der Waals surface area contributed by atoms with E-state index in [-0.39, 0.29) is 11.4 Å². The Morgan fingerprint density at radius 1 is 1.13 bits per heavy atom. The fourth-order valence-corrected chi connectivity index (χ4v) is 3.64. The number of aliphatic hydroxyl groups excluding tert-OH is 1. The van der Waals surface area contributed by atoms with Gasteiger partial charge in [-0.2, -0.15) is 0 Å². The van der Waals surface area contributed by atoms with Gasteiger partial charge in [-0.1, -0.05) is 58.9 Å². The zero-order chi connectivity index (χ0) is 22.9. The van der Waals surface area contributed by atoms with Crippen molar-refractivity contribution in [2.75, 3.05) is 11.5 Å². The molecule has 1 atom stereocenters. The molecule has 1 aliphatic heterocycles. The summed E-state index contributed by atoms with van der Waals surface area (Å²) in [5, 5.41) is 10.8. The largest absolute Gasteiger partial charge is 0.503 e. The number of hydrogen-bond acceptors (Lipinski definition) is 4. The Bertz CT molecular complexity index is 1030. The van der Waals surface area contributed by atoms with Crippen molar-refractivity contribution < 1.29 is 19.4 Å². The maximum absolute atomic E-state index is 13.3. The van der Waals surface area contributed by atoms with Gasteiger partial charge < -0.3 is 9.84 Å². The predicted octanol–water partition coefficient (Wildman–Crippen LogP) is 5.55. The zero-order valence-corrected chi connectivity index (χ0v) is 19.1. The van der Waals surface area contributed by atoms with Crippen molar-refractivity contribution in [3.8, 4) is 5.75 Å². The molecule has 31 heavy (non-hydrogen) atoms. The van der Waals surface area contributed by atoms with Gasteiger partial charge in [0.15, 0.2) is 11.5 Å². The van der Waals surface area contributed by atoms with Crippen LogP contribution in [0.5, 0.6) is 5.75 Å². The number of benzene rings is 2. The van der Waals surface area contributed by atoms with E-state index < -0.39 is 23.1 Å². The predicted molar refractivity (Wildman–Crippen MR) is 122 cm³/mol. The van der Waals surface area contributed by atoms with Crippen molar-refractivity contribution in [1.29, 1.82) is 0 Å². The molecule has 0 saturated heterocycles. The lowest BCUT2D eigenvalue weighted by molar-refractivity contribution is -0.123. The van der Waals surface area contributed by atoms with Crippen LogP contribution >= 0.6 is 0 Å². The topological polar surface area (TPSA) is 66.8 Å². The number of Topliss-reactive ketones (excluding diaryl/α,β-unsaturated/α-hetero) is 1. The average Bonchev–Trinajstić information content (AvgIpc) is 2.96. The van der Waals surface area contributed by atoms with E-state index in [0.29, 0.717) is 29.5 Å². The first-order valence-electron chi connectivity index (χ1n) is 10.6. The Kier molecular flexibility index (Phi) is 6.25. The molecule has 1 N–H and O–H groups in total. The summed E-state index contributed by atoms with van der Waals surface area (Å²) in [6, 6.07) is 14.2. The number of carbonyl (C=O) groups excluding carboxylic acids is 2. The number of ether oxygens (including phenoxy) is 1. The Morgan fingerprint density at radius 2 is 1.81 bits per heavy atom. The summed E-state index contributed by atoms with van der Waals surface area (Å²) in [6.07, 6.45) is 0. The molecule has 1 unspecified atom stereocenters. The zero-order valence-electron chi connectivity index (χ0n) is 19.1. The fraction of sp³-hybridized carbons (Fsp3) is 0.385. The highest BCUT2D eigenvalue weighted by atomic mass is 16.5. The molecule has 2 aromatic carbocycles. The van der Waals surface area contributed by atoms with E-state index in [1.54, 1.807) is 20.8 Å². The molecule has 3 rings (SSSR count). The van der Waals surface area contributed by atoms with Crippen LogP contribution in [0.2, 0.25) is 0 Å². The number of rotatable bonds is 6. The number of amides is 1. The van der Waals surface area contributed by atoms with Crippen molar-refractivity contribution in [3.05, 3.63) is 71.0 Å². The first kappa shape index (κ1) is 22.6. The Hall–Kier alpha value is -3.08. The summed E-state index contributed by atoms with van der Waals surface area (Å²) in [4.78, 5) is 28.0. The minimum absolute atomic E-state index is 0.125. The second-order valence-corrected chi connectivity index (χ2v) is 9.54. The van der Waals surface area contributed by atoms with Crippen LogP contribution in [0.1, 0.15) is 51.8 Å². The Morgan fingerprint density at radius 3 is 2.42 bits per heavy atom. The third-order valence-corrected chi connectivity index (χ3v) is 5.17. The summed E-state index contributed by atoms with van der Waals surface area (Å²) in [6.45, 7) is 12.0. The molecule has 0 aromatic heterocycles. The minimum Gasteiger partial charge on any atom is -0.503 e. The highest BCUT2D eigenvalue weighted by Crippen LogP contribution is 2.44. The molecule has 5 heteroatoms. The van der Waals surface area contributed by atoms with Crippen LogP contribution in [-0.4, -0.2) is 23.4 Å². The Labute approximate surface area is 184 Å². The molecule has 5 nitrogen and oxygen atoms in total. The molecule has 0 fully saturated rings. The second-order valence-electron chi connectivity index (χ2n) is 9.54. The lowest BCUT2D eigenvalue weighted by Crippen LogP contribution is -2.32. The molecule has 0 radical (unpaired) electrons. The van der Waals surface area contributed by atoms with Crippen LogP contribution in [0, 0.1) is 18.3 Å². The van der Waals surface area contributed by atoms with E-state index in [2.05, 4.69) is 13.8 Å². The molecule has 2 aromatic rings. The van der Waals surface area contributed by atoms with E-state index >= 15 is 0 Å². The number of aryl methyl sites for hydroxylation is 1. The van der Waals surface area contributed by atoms with E-state index in [1.807, 2.05) is 55.5 Å². The third kappa shape index (κ3) is 4.66. The number of hydrogen-bond donors (Lipinski definition) is 1. The van der Waals surface area contributed by atoms with E-state index in [4.69, 9.17) is 4.74 Å². The van der Waals surface area contributed by atoms with Gasteiger partial charge in [-0.3, -0.25) is 14.5 Å². The molecule has 164 valence electrons. The Balaban J connectivity index is 2.15. The maximum Gasteiger partial charge on any atom is 0.294 e. The van der Waals surface area contributed by atoms with Crippen LogP contribution in [-0.2, 0) is 9.59 Å². The van der Waals surface area contributed by atoms with Crippen LogP contribution in [0.3, 0.4) is 0 Å². The molecule has 1 heterocycles. The monoisotopic (exact) mass is 421 g/mol. The lowest BCUT2D eigenvalue weighted by atomic mass is 9.82. The van der Waals surface area contributed by atoms with Gasteiger partial charge in [-0.25, -0.2) is 0 Å². The van der Waals surface area contributed by atoms with Crippen molar-refractivity contribution in [3.63, 3.8) is 0 Å². The molecule has 0 saturated carbocycles. The van der Waals surface area contributed by atoms with Gasteiger partial charge in [-0.15, -0.1) is 0 Å². The normalized spacial score (nSPS) is 16.9. The average molecular weight is 422 g/mol.